The lowest BCUT2D eigenvalue weighted by molar-refractivity contribution is 0.272. The summed E-state index contributed by atoms with van der Waals surface area (Å²) >= 11 is 7.25. The summed E-state index contributed by atoms with van der Waals surface area (Å²) in [6.07, 6.45) is 1.03. The second-order valence-corrected chi connectivity index (χ2v) is 4.77. The van der Waals surface area contributed by atoms with Gasteiger partial charge in [0.2, 0.25) is 0 Å². The molecular formula is C9H11ClFNS. The summed E-state index contributed by atoms with van der Waals surface area (Å²) in [4.78, 5) is 0. The van der Waals surface area contributed by atoms with Crippen LogP contribution in [0.2, 0.25) is 4.34 Å². The van der Waals surface area contributed by atoms with Gasteiger partial charge in [0.25, 0.3) is 0 Å². The maximum Gasteiger partial charge on any atom is 0.143 e. The Balaban J connectivity index is 2.12. The summed E-state index contributed by atoms with van der Waals surface area (Å²) in [5.74, 6) is 0. The molecule has 0 aromatic carbocycles. The number of nitrogens with one attached hydrogen (secondary N) is 1. The van der Waals surface area contributed by atoms with E-state index in [4.69, 9.17) is 11.6 Å². The Morgan fingerprint density at radius 3 is 3.08 bits per heavy atom. The average Bonchev–Trinajstić information content (AvgIpc) is 2.72. The topological polar surface area (TPSA) is 12.0 Å². The molecule has 0 amide bonds. The number of alkyl halides is 1. The molecule has 1 saturated heterocycles. The van der Waals surface area contributed by atoms with E-state index in [2.05, 4.69) is 5.32 Å². The van der Waals surface area contributed by atoms with Gasteiger partial charge in [0.15, 0.2) is 0 Å². The van der Waals surface area contributed by atoms with E-state index < -0.39 is 6.17 Å². The van der Waals surface area contributed by atoms with Crippen molar-refractivity contribution in [2.45, 2.75) is 25.1 Å². The quantitative estimate of drug-likeness (QED) is 0.806. The largest absolute Gasteiger partial charge is 0.311 e. The highest BCUT2D eigenvalue weighted by Gasteiger charge is 2.27. The zero-order valence-corrected chi connectivity index (χ0v) is 8.67. The molecule has 2 atom stereocenters. The Bertz CT molecular complexity index is 283. The summed E-state index contributed by atoms with van der Waals surface area (Å²) < 4.78 is 14.4. The van der Waals surface area contributed by atoms with Gasteiger partial charge in [-0.25, -0.2) is 4.39 Å². The fraction of sp³-hybridized carbons (Fsp3) is 0.556. The van der Waals surface area contributed by atoms with Crippen LogP contribution in [0.3, 0.4) is 0 Å². The monoisotopic (exact) mass is 219 g/mol. The van der Waals surface area contributed by atoms with Crippen LogP contribution in [0.4, 0.5) is 4.39 Å². The Labute approximate surface area is 85.9 Å². The molecular weight excluding hydrogens is 209 g/mol. The van der Waals surface area contributed by atoms with Crippen molar-refractivity contribution < 1.29 is 4.39 Å². The SMILES string of the molecule is FC(c1ccsc1Cl)C1CCCN1. The van der Waals surface area contributed by atoms with E-state index >= 15 is 0 Å². The second-order valence-electron chi connectivity index (χ2n) is 3.25. The third kappa shape index (κ3) is 1.87. The minimum atomic E-state index is -0.943. The lowest BCUT2D eigenvalue weighted by Crippen LogP contribution is -2.26. The Morgan fingerprint density at radius 1 is 1.69 bits per heavy atom. The van der Waals surface area contributed by atoms with E-state index in [1.54, 1.807) is 6.07 Å². The van der Waals surface area contributed by atoms with Crippen molar-refractivity contribution in [2.75, 3.05) is 6.54 Å². The Kier molecular flexibility index (Phi) is 2.86. The standard InChI is InChI=1S/C9H11ClFNS/c10-9-6(3-5-13-9)8(11)7-2-1-4-12-7/h3,5,7-8,12H,1-2,4H2. The smallest absolute Gasteiger partial charge is 0.143 e. The molecule has 1 aromatic heterocycles. The van der Waals surface area contributed by atoms with Crippen molar-refractivity contribution >= 4 is 22.9 Å². The minimum Gasteiger partial charge on any atom is -0.311 e. The zero-order chi connectivity index (χ0) is 9.26. The van der Waals surface area contributed by atoms with E-state index in [1.165, 1.54) is 11.3 Å². The molecule has 1 N–H and O–H groups in total. The number of hydrogen-bond acceptors (Lipinski definition) is 2. The molecule has 4 heteroatoms. The molecule has 2 unspecified atom stereocenters. The van der Waals surface area contributed by atoms with Gasteiger partial charge >= 0.3 is 0 Å². The van der Waals surface area contributed by atoms with Crippen LogP contribution in [-0.2, 0) is 0 Å². The van der Waals surface area contributed by atoms with Crippen molar-refractivity contribution in [3.05, 3.63) is 21.3 Å². The summed E-state index contributed by atoms with van der Waals surface area (Å²) in [5.41, 5.74) is 0.645. The predicted molar refractivity (Wildman–Crippen MR) is 54.2 cm³/mol. The normalized spacial score (nSPS) is 24.9. The fourth-order valence-corrected chi connectivity index (χ4v) is 2.65. The number of thiophene rings is 1. The highest BCUT2D eigenvalue weighted by molar-refractivity contribution is 7.14. The fourth-order valence-electron chi connectivity index (χ4n) is 1.68. The molecule has 13 heavy (non-hydrogen) atoms. The van der Waals surface area contributed by atoms with E-state index in [1.807, 2.05) is 5.38 Å². The third-order valence-electron chi connectivity index (χ3n) is 2.39. The predicted octanol–water partition coefficient (Wildman–Crippen LogP) is 3.16. The first kappa shape index (κ1) is 9.44. The number of rotatable bonds is 2. The van der Waals surface area contributed by atoms with Gasteiger partial charge < -0.3 is 5.32 Å². The van der Waals surface area contributed by atoms with Crippen LogP contribution in [0.5, 0.6) is 0 Å². The molecule has 2 rings (SSSR count). The number of halogens is 2. The molecule has 0 aliphatic carbocycles. The molecule has 0 bridgehead atoms. The van der Waals surface area contributed by atoms with Gasteiger partial charge in [-0.1, -0.05) is 11.6 Å². The molecule has 1 aliphatic heterocycles. The lowest BCUT2D eigenvalue weighted by Gasteiger charge is -2.15. The van der Waals surface area contributed by atoms with Gasteiger partial charge in [-0.15, -0.1) is 11.3 Å². The van der Waals surface area contributed by atoms with Crippen LogP contribution >= 0.6 is 22.9 Å². The van der Waals surface area contributed by atoms with Crippen LogP contribution in [0.1, 0.15) is 24.6 Å². The average molecular weight is 220 g/mol. The van der Waals surface area contributed by atoms with Crippen LogP contribution in [-0.4, -0.2) is 12.6 Å². The van der Waals surface area contributed by atoms with Gasteiger partial charge in [0.1, 0.15) is 6.17 Å². The van der Waals surface area contributed by atoms with Crippen molar-refractivity contribution in [2.24, 2.45) is 0 Å². The zero-order valence-electron chi connectivity index (χ0n) is 7.09. The van der Waals surface area contributed by atoms with E-state index in [-0.39, 0.29) is 6.04 Å². The molecule has 0 saturated carbocycles. The Morgan fingerprint density at radius 2 is 2.54 bits per heavy atom. The molecule has 0 radical (unpaired) electrons. The molecule has 1 aromatic rings. The van der Waals surface area contributed by atoms with Crippen LogP contribution < -0.4 is 5.32 Å². The molecule has 1 fully saturated rings. The lowest BCUT2D eigenvalue weighted by atomic mass is 10.1. The maximum absolute atomic E-state index is 13.8. The molecule has 1 aliphatic rings. The highest BCUT2D eigenvalue weighted by atomic mass is 35.5. The first-order chi connectivity index (χ1) is 6.29. The molecule has 72 valence electrons. The van der Waals surface area contributed by atoms with Crippen molar-refractivity contribution in [3.8, 4) is 0 Å². The highest BCUT2D eigenvalue weighted by Crippen LogP contribution is 2.34. The van der Waals surface area contributed by atoms with E-state index in [0.29, 0.717) is 9.90 Å². The second kappa shape index (κ2) is 3.95. The summed E-state index contributed by atoms with van der Waals surface area (Å²) in [6, 6.07) is 1.74. The molecule has 1 nitrogen and oxygen atoms in total. The van der Waals surface area contributed by atoms with E-state index in [9.17, 15) is 4.39 Å². The maximum atomic E-state index is 13.8. The first-order valence-electron chi connectivity index (χ1n) is 4.39. The van der Waals surface area contributed by atoms with Crippen molar-refractivity contribution in [1.82, 2.24) is 5.32 Å². The van der Waals surface area contributed by atoms with E-state index in [0.717, 1.165) is 19.4 Å². The van der Waals surface area contributed by atoms with Crippen LogP contribution in [0, 0.1) is 0 Å². The van der Waals surface area contributed by atoms with Crippen LogP contribution in [0.25, 0.3) is 0 Å². The van der Waals surface area contributed by atoms with Gasteiger partial charge in [-0.3, -0.25) is 0 Å². The minimum absolute atomic E-state index is 0.0351. The third-order valence-corrected chi connectivity index (χ3v) is 3.60. The van der Waals surface area contributed by atoms with Gasteiger partial charge in [-0.05, 0) is 30.8 Å². The van der Waals surface area contributed by atoms with Crippen LogP contribution in [0.15, 0.2) is 11.4 Å². The van der Waals surface area contributed by atoms with Gasteiger partial charge in [0, 0.05) is 11.6 Å². The van der Waals surface area contributed by atoms with Gasteiger partial charge in [0.05, 0.1) is 4.34 Å². The Hall–Kier alpha value is -0.120. The summed E-state index contributed by atoms with van der Waals surface area (Å²) in [5, 5.41) is 4.98. The van der Waals surface area contributed by atoms with Crippen molar-refractivity contribution in [3.63, 3.8) is 0 Å². The molecule has 2 heterocycles. The number of hydrogen-bond donors (Lipinski definition) is 1. The summed E-state index contributed by atoms with van der Waals surface area (Å²) in [7, 11) is 0. The summed E-state index contributed by atoms with van der Waals surface area (Å²) in [6.45, 7) is 0.923. The first-order valence-corrected chi connectivity index (χ1v) is 5.65. The van der Waals surface area contributed by atoms with Gasteiger partial charge in [-0.2, -0.15) is 0 Å². The molecule has 0 spiro atoms. The van der Waals surface area contributed by atoms with Crippen molar-refractivity contribution in [1.29, 1.82) is 0 Å².